The number of nitrogens with zero attached hydrogens (tertiary/aromatic N) is 4. The second-order valence-electron chi connectivity index (χ2n) is 11.2. The second-order valence-corrected chi connectivity index (χ2v) is 11.2. The average molecular weight is 536 g/mol. The van der Waals surface area contributed by atoms with Crippen molar-refractivity contribution < 1.29 is 9.32 Å². The normalized spacial score (nSPS) is 16.5. The van der Waals surface area contributed by atoms with Gasteiger partial charge in [0.1, 0.15) is 0 Å². The zero-order valence-corrected chi connectivity index (χ0v) is 23.2. The maximum absolute atomic E-state index is 12.9. The van der Waals surface area contributed by atoms with Crippen molar-refractivity contribution in [3.63, 3.8) is 0 Å². The topological polar surface area (TPSA) is 74.5 Å². The summed E-state index contributed by atoms with van der Waals surface area (Å²) in [6.45, 7) is 7.98. The summed E-state index contributed by atoms with van der Waals surface area (Å²) in [5.41, 5.74) is 7.51. The van der Waals surface area contributed by atoms with Crippen molar-refractivity contribution >= 4 is 5.91 Å². The molecule has 3 heterocycles. The zero-order valence-electron chi connectivity index (χ0n) is 23.2. The lowest BCUT2D eigenvalue weighted by atomic mass is 9.96. The standard InChI is InChI=1S/C33H37N5O2/c1-24-5-4-8-29(19-24)32-35-31(40-36-32)23-37-16-14-28(15-17-37)33(39)34-20-25-9-11-26(12-10-25)21-38-18-13-27-6-2-3-7-30(27)22-38/h2-12,19,28H,13-18,20-23H2,1H3,(H,34,39). The quantitative estimate of drug-likeness (QED) is 0.337. The molecule has 6 rings (SSSR count). The van der Waals surface area contributed by atoms with E-state index in [-0.39, 0.29) is 11.8 Å². The van der Waals surface area contributed by atoms with Crippen LogP contribution < -0.4 is 5.32 Å². The highest BCUT2D eigenvalue weighted by Gasteiger charge is 2.26. The summed E-state index contributed by atoms with van der Waals surface area (Å²) in [5.74, 6) is 1.43. The molecule has 0 bridgehead atoms. The highest BCUT2D eigenvalue weighted by molar-refractivity contribution is 5.78. The van der Waals surface area contributed by atoms with Gasteiger partial charge in [-0.15, -0.1) is 0 Å². The van der Waals surface area contributed by atoms with Crippen molar-refractivity contribution in [2.24, 2.45) is 5.92 Å². The zero-order chi connectivity index (χ0) is 27.3. The van der Waals surface area contributed by atoms with Crippen LogP contribution in [0, 0.1) is 12.8 Å². The second kappa shape index (κ2) is 12.1. The van der Waals surface area contributed by atoms with E-state index < -0.39 is 0 Å². The summed E-state index contributed by atoms with van der Waals surface area (Å²) >= 11 is 0. The largest absolute Gasteiger partial charge is 0.352 e. The van der Waals surface area contributed by atoms with E-state index in [9.17, 15) is 4.79 Å². The SMILES string of the molecule is Cc1cccc(-c2noc(CN3CCC(C(=O)NCc4ccc(CN5CCc6ccccc6C5)cc4)CC3)n2)c1. The Morgan fingerprint density at radius 3 is 2.48 bits per heavy atom. The number of benzene rings is 3. The van der Waals surface area contributed by atoms with Gasteiger partial charge in [-0.2, -0.15) is 4.98 Å². The van der Waals surface area contributed by atoms with Crippen molar-refractivity contribution in [2.45, 2.75) is 52.4 Å². The van der Waals surface area contributed by atoms with E-state index in [0.717, 1.165) is 63.1 Å². The minimum absolute atomic E-state index is 0.0445. The Morgan fingerprint density at radius 1 is 0.900 bits per heavy atom. The van der Waals surface area contributed by atoms with Crippen LogP contribution in [-0.4, -0.2) is 45.5 Å². The smallest absolute Gasteiger partial charge is 0.241 e. The average Bonchev–Trinajstić information content (AvgIpc) is 3.45. The van der Waals surface area contributed by atoms with Crippen molar-refractivity contribution in [1.29, 1.82) is 0 Å². The minimum atomic E-state index is 0.0445. The van der Waals surface area contributed by atoms with E-state index in [1.54, 1.807) is 0 Å². The van der Waals surface area contributed by atoms with Gasteiger partial charge in [0.2, 0.25) is 17.6 Å². The van der Waals surface area contributed by atoms with Crippen LogP contribution in [0.1, 0.15) is 46.5 Å². The fraction of sp³-hybridized carbons (Fsp3) is 0.364. The minimum Gasteiger partial charge on any atom is -0.352 e. The van der Waals surface area contributed by atoms with Gasteiger partial charge >= 0.3 is 0 Å². The molecule has 3 aromatic carbocycles. The summed E-state index contributed by atoms with van der Waals surface area (Å²) in [7, 11) is 0. The number of rotatable bonds is 8. The lowest BCUT2D eigenvalue weighted by Crippen LogP contribution is -2.40. The third-order valence-corrected chi connectivity index (χ3v) is 8.17. The molecular weight excluding hydrogens is 498 g/mol. The molecule has 0 radical (unpaired) electrons. The Balaban J connectivity index is 0.928. The monoisotopic (exact) mass is 535 g/mol. The van der Waals surface area contributed by atoms with Crippen LogP contribution in [0.15, 0.2) is 77.3 Å². The number of likely N-dealkylation sites (tertiary alicyclic amines) is 1. The third kappa shape index (κ3) is 6.49. The molecule has 0 aliphatic carbocycles. The van der Waals surface area contributed by atoms with Gasteiger partial charge in [0, 0.05) is 37.7 Å². The highest BCUT2D eigenvalue weighted by atomic mass is 16.5. The Kier molecular flexibility index (Phi) is 8.02. The van der Waals surface area contributed by atoms with E-state index >= 15 is 0 Å². The van der Waals surface area contributed by atoms with E-state index in [0.29, 0.717) is 24.8 Å². The number of nitrogens with one attached hydrogen (secondary N) is 1. The number of aryl methyl sites for hydroxylation is 1. The molecule has 0 spiro atoms. The molecule has 1 fully saturated rings. The van der Waals surface area contributed by atoms with E-state index in [2.05, 4.69) is 92.8 Å². The Labute approximate surface area is 236 Å². The fourth-order valence-electron chi connectivity index (χ4n) is 5.81. The molecule has 0 atom stereocenters. The molecule has 2 aliphatic rings. The molecule has 206 valence electrons. The van der Waals surface area contributed by atoms with Gasteiger partial charge in [-0.25, -0.2) is 0 Å². The van der Waals surface area contributed by atoms with Gasteiger partial charge in [-0.3, -0.25) is 14.6 Å². The molecule has 1 aromatic heterocycles. The van der Waals surface area contributed by atoms with Crippen LogP contribution in [0.2, 0.25) is 0 Å². The third-order valence-electron chi connectivity index (χ3n) is 8.17. The van der Waals surface area contributed by atoms with Crippen molar-refractivity contribution in [3.05, 3.63) is 107 Å². The number of fused-ring (bicyclic) bond motifs is 1. The molecule has 0 unspecified atom stereocenters. The fourth-order valence-corrected chi connectivity index (χ4v) is 5.81. The molecule has 0 saturated carbocycles. The van der Waals surface area contributed by atoms with Gasteiger partial charge in [0.05, 0.1) is 6.54 Å². The summed E-state index contributed by atoms with van der Waals surface area (Å²) in [6, 6.07) is 25.5. The molecule has 7 nitrogen and oxygen atoms in total. The number of carbonyl (C=O) groups is 1. The maximum atomic E-state index is 12.9. The maximum Gasteiger partial charge on any atom is 0.241 e. The molecule has 1 saturated heterocycles. The van der Waals surface area contributed by atoms with Gasteiger partial charge in [-0.1, -0.05) is 77.5 Å². The van der Waals surface area contributed by atoms with Crippen molar-refractivity contribution in [3.8, 4) is 11.4 Å². The predicted molar refractivity (Wildman–Crippen MR) is 155 cm³/mol. The number of hydrogen-bond acceptors (Lipinski definition) is 6. The molecule has 1 N–H and O–H groups in total. The van der Waals surface area contributed by atoms with Crippen LogP contribution in [0.3, 0.4) is 0 Å². The Bertz CT molecular complexity index is 1440. The Morgan fingerprint density at radius 2 is 1.68 bits per heavy atom. The number of hydrogen-bond donors (Lipinski definition) is 1. The first-order valence-electron chi connectivity index (χ1n) is 14.4. The molecular formula is C33H37N5O2. The van der Waals surface area contributed by atoms with Crippen LogP contribution in [0.4, 0.5) is 0 Å². The first kappa shape index (κ1) is 26.4. The first-order valence-corrected chi connectivity index (χ1v) is 14.4. The number of carbonyl (C=O) groups excluding carboxylic acids is 1. The summed E-state index contributed by atoms with van der Waals surface area (Å²) in [6.07, 6.45) is 2.79. The van der Waals surface area contributed by atoms with Crippen LogP contribution in [-0.2, 0) is 37.4 Å². The number of piperidine rings is 1. The summed E-state index contributed by atoms with van der Waals surface area (Å²) in [5, 5.41) is 7.32. The van der Waals surface area contributed by atoms with E-state index in [4.69, 9.17) is 4.52 Å². The van der Waals surface area contributed by atoms with Crippen LogP contribution >= 0.6 is 0 Å². The number of amides is 1. The first-order chi connectivity index (χ1) is 19.6. The van der Waals surface area contributed by atoms with Crippen LogP contribution in [0.25, 0.3) is 11.4 Å². The van der Waals surface area contributed by atoms with Gasteiger partial charge < -0.3 is 9.84 Å². The predicted octanol–water partition coefficient (Wildman–Crippen LogP) is 5.13. The van der Waals surface area contributed by atoms with E-state index in [1.807, 2.05) is 12.1 Å². The van der Waals surface area contributed by atoms with Gasteiger partial charge in [-0.05, 0) is 67.6 Å². The summed E-state index contributed by atoms with van der Waals surface area (Å²) < 4.78 is 5.50. The van der Waals surface area contributed by atoms with Crippen molar-refractivity contribution in [1.82, 2.24) is 25.3 Å². The highest BCUT2D eigenvalue weighted by Crippen LogP contribution is 2.22. The molecule has 7 heteroatoms. The lowest BCUT2D eigenvalue weighted by molar-refractivity contribution is -0.126. The van der Waals surface area contributed by atoms with Crippen LogP contribution in [0.5, 0.6) is 0 Å². The Hall–Kier alpha value is -3.81. The summed E-state index contributed by atoms with van der Waals surface area (Å²) in [4.78, 5) is 22.3. The molecule has 1 amide bonds. The molecule has 2 aliphatic heterocycles. The lowest BCUT2D eigenvalue weighted by Gasteiger charge is -2.30. The van der Waals surface area contributed by atoms with Crippen molar-refractivity contribution in [2.75, 3.05) is 19.6 Å². The van der Waals surface area contributed by atoms with Gasteiger partial charge in [0.25, 0.3) is 0 Å². The van der Waals surface area contributed by atoms with E-state index in [1.165, 1.54) is 22.3 Å². The molecule has 40 heavy (non-hydrogen) atoms. The van der Waals surface area contributed by atoms with Gasteiger partial charge in [0.15, 0.2) is 0 Å². The number of aromatic nitrogens is 2. The molecule has 4 aromatic rings.